The van der Waals surface area contributed by atoms with Gasteiger partial charge < -0.3 is 5.73 Å². The van der Waals surface area contributed by atoms with Gasteiger partial charge in [-0.15, -0.1) is 5.10 Å². The second kappa shape index (κ2) is 4.44. The van der Waals surface area contributed by atoms with E-state index in [0.29, 0.717) is 5.95 Å². The van der Waals surface area contributed by atoms with Crippen molar-refractivity contribution in [2.75, 3.05) is 5.73 Å². The molecule has 1 heterocycles. The molecule has 4 heteroatoms. The fraction of sp³-hybridized carbons (Fsp3) is 0.800. The first-order valence-corrected chi connectivity index (χ1v) is 5.49. The first-order chi connectivity index (χ1) is 6.84. The Morgan fingerprint density at radius 1 is 1.36 bits per heavy atom. The van der Waals surface area contributed by atoms with Gasteiger partial charge in [0.2, 0.25) is 5.95 Å². The van der Waals surface area contributed by atoms with Crippen molar-refractivity contribution in [2.45, 2.75) is 45.1 Å². The van der Waals surface area contributed by atoms with Gasteiger partial charge >= 0.3 is 0 Å². The van der Waals surface area contributed by atoms with E-state index in [1.165, 1.54) is 38.5 Å². The summed E-state index contributed by atoms with van der Waals surface area (Å²) in [5.41, 5.74) is 5.44. The van der Waals surface area contributed by atoms with Crippen LogP contribution in [0.3, 0.4) is 0 Å². The Morgan fingerprint density at radius 2 is 2.14 bits per heavy atom. The van der Waals surface area contributed by atoms with Gasteiger partial charge in [-0.05, 0) is 12.3 Å². The summed E-state index contributed by atoms with van der Waals surface area (Å²) in [5.74, 6) is 1.28. The van der Waals surface area contributed by atoms with Crippen molar-refractivity contribution in [2.24, 2.45) is 5.92 Å². The van der Waals surface area contributed by atoms with Gasteiger partial charge in [-0.1, -0.05) is 32.1 Å². The Labute approximate surface area is 84.5 Å². The number of aromatic nitrogens is 3. The highest BCUT2D eigenvalue weighted by atomic mass is 15.3. The predicted molar refractivity (Wildman–Crippen MR) is 55.6 cm³/mol. The van der Waals surface area contributed by atoms with E-state index >= 15 is 0 Å². The summed E-state index contributed by atoms with van der Waals surface area (Å²) in [6, 6.07) is 0. The van der Waals surface area contributed by atoms with Crippen LogP contribution in [0, 0.1) is 5.92 Å². The van der Waals surface area contributed by atoms with Crippen molar-refractivity contribution < 1.29 is 0 Å². The van der Waals surface area contributed by atoms with Crippen molar-refractivity contribution in [1.29, 1.82) is 0 Å². The Balaban J connectivity index is 1.76. The van der Waals surface area contributed by atoms with Gasteiger partial charge in [0.05, 0.1) is 0 Å². The molecule has 1 aliphatic carbocycles. The summed E-state index contributed by atoms with van der Waals surface area (Å²) in [7, 11) is 0. The van der Waals surface area contributed by atoms with Crippen LogP contribution in [-0.4, -0.2) is 14.8 Å². The zero-order valence-electron chi connectivity index (χ0n) is 8.52. The number of nitrogens with two attached hydrogens (primary N) is 1. The average Bonchev–Trinajstić information content (AvgIpc) is 2.63. The minimum Gasteiger partial charge on any atom is -0.367 e. The van der Waals surface area contributed by atoms with Crippen LogP contribution < -0.4 is 5.73 Å². The summed E-state index contributed by atoms with van der Waals surface area (Å²) in [5, 5.41) is 4.08. The van der Waals surface area contributed by atoms with Gasteiger partial charge in [0.25, 0.3) is 0 Å². The zero-order chi connectivity index (χ0) is 9.80. The summed E-state index contributed by atoms with van der Waals surface area (Å²) in [4.78, 5) is 3.91. The highest BCUT2D eigenvalue weighted by Crippen LogP contribution is 2.26. The van der Waals surface area contributed by atoms with Crippen molar-refractivity contribution in [3.63, 3.8) is 0 Å². The average molecular weight is 194 g/mol. The van der Waals surface area contributed by atoms with Crippen LogP contribution >= 0.6 is 0 Å². The van der Waals surface area contributed by atoms with E-state index in [1.54, 1.807) is 6.33 Å². The maximum absolute atomic E-state index is 5.44. The van der Waals surface area contributed by atoms with E-state index in [9.17, 15) is 0 Å². The molecule has 1 saturated carbocycles. The summed E-state index contributed by atoms with van der Waals surface area (Å²) < 4.78 is 1.85. The second-order valence-electron chi connectivity index (χ2n) is 4.16. The van der Waals surface area contributed by atoms with Crippen LogP contribution in [0.15, 0.2) is 6.33 Å². The Hall–Kier alpha value is -1.06. The van der Waals surface area contributed by atoms with Crippen molar-refractivity contribution in [3.8, 4) is 0 Å². The third-order valence-corrected chi connectivity index (χ3v) is 3.05. The van der Waals surface area contributed by atoms with E-state index in [1.807, 2.05) is 4.68 Å². The van der Waals surface area contributed by atoms with Gasteiger partial charge in [-0.25, -0.2) is 4.98 Å². The van der Waals surface area contributed by atoms with E-state index < -0.39 is 0 Å². The molecular weight excluding hydrogens is 176 g/mol. The van der Waals surface area contributed by atoms with E-state index in [4.69, 9.17) is 5.73 Å². The fourth-order valence-corrected chi connectivity index (χ4v) is 2.21. The normalized spacial score (nSPS) is 18.6. The van der Waals surface area contributed by atoms with Gasteiger partial charge in [-0.3, -0.25) is 4.68 Å². The molecule has 0 unspecified atom stereocenters. The van der Waals surface area contributed by atoms with E-state index in [2.05, 4.69) is 10.1 Å². The zero-order valence-corrected chi connectivity index (χ0v) is 8.52. The Kier molecular flexibility index (Phi) is 3.01. The number of nitrogens with zero attached hydrogens (tertiary/aromatic N) is 3. The molecule has 1 aliphatic rings. The van der Waals surface area contributed by atoms with Crippen molar-refractivity contribution >= 4 is 5.95 Å². The molecule has 0 amide bonds. The number of anilines is 1. The predicted octanol–water partition coefficient (Wildman–Crippen LogP) is 1.83. The van der Waals surface area contributed by atoms with Gasteiger partial charge in [0.1, 0.15) is 6.33 Å². The molecule has 2 N–H and O–H groups in total. The molecule has 1 aromatic heterocycles. The number of hydrogen-bond acceptors (Lipinski definition) is 3. The topological polar surface area (TPSA) is 56.7 Å². The van der Waals surface area contributed by atoms with Crippen molar-refractivity contribution in [1.82, 2.24) is 14.8 Å². The summed E-state index contributed by atoms with van der Waals surface area (Å²) in [6.07, 6.45) is 9.97. The van der Waals surface area contributed by atoms with Crippen LogP contribution in [0.5, 0.6) is 0 Å². The highest BCUT2D eigenvalue weighted by molar-refractivity contribution is 5.09. The lowest BCUT2D eigenvalue weighted by Gasteiger charge is -2.20. The molecule has 0 saturated heterocycles. The molecule has 2 rings (SSSR count). The number of aryl methyl sites for hydroxylation is 1. The van der Waals surface area contributed by atoms with Crippen LogP contribution in [0.1, 0.15) is 38.5 Å². The van der Waals surface area contributed by atoms with E-state index in [0.717, 1.165) is 12.5 Å². The summed E-state index contributed by atoms with van der Waals surface area (Å²) >= 11 is 0. The molecule has 0 spiro atoms. The maximum Gasteiger partial charge on any atom is 0.239 e. The summed E-state index contributed by atoms with van der Waals surface area (Å²) in [6.45, 7) is 0.967. The number of hydrogen-bond donors (Lipinski definition) is 1. The Morgan fingerprint density at radius 3 is 2.79 bits per heavy atom. The molecule has 14 heavy (non-hydrogen) atoms. The lowest BCUT2D eigenvalue weighted by atomic mass is 9.87. The highest BCUT2D eigenvalue weighted by Gasteiger charge is 2.13. The SMILES string of the molecule is Nc1ncn(CCC2CCCCC2)n1. The molecule has 1 aromatic rings. The lowest BCUT2D eigenvalue weighted by molar-refractivity contribution is 0.319. The van der Waals surface area contributed by atoms with Crippen molar-refractivity contribution in [3.05, 3.63) is 6.33 Å². The third-order valence-electron chi connectivity index (χ3n) is 3.05. The van der Waals surface area contributed by atoms with Crippen LogP contribution in [0.2, 0.25) is 0 Å². The molecule has 0 atom stereocenters. The molecule has 1 fully saturated rings. The smallest absolute Gasteiger partial charge is 0.239 e. The largest absolute Gasteiger partial charge is 0.367 e. The quantitative estimate of drug-likeness (QED) is 0.798. The third kappa shape index (κ3) is 2.47. The number of rotatable bonds is 3. The monoisotopic (exact) mass is 194 g/mol. The fourth-order valence-electron chi connectivity index (χ4n) is 2.21. The van der Waals surface area contributed by atoms with Crippen LogP contribution in [-0.2, 0) is 6.54 Å². The molecular formula is C10H18N4. The standard InChI is InChI=1S/C10H18N4/c11-10-12-8-14(13-10)7-6-9-4-2-1-3-5-9/h8-9H,1-7H2,(H2,11,13). The van der Waals surface area contributed by atoms with Gasteiger partial charge in [0.15, 0.2) is 0 Å². The second-order valence-corrected chi connectivity index (χ2v) is 4.16. The molecule has 0 bridgehead atoms. The van der Waals surface area contributed by atoms with Gasteiger partial charge in [0, 0.05) is 6.54 Å². The molecule has 0 aliphatic heterocycles. The van der Waals surface area contributed by atoms with Crippen LogP contribution in [0.25, 0.3) is 0 Å². The van der Waals surface area contributed by atoms with E-state index in [-0.39, 0.29) is 0 Å². The first kappa shape index (κ1) is 9.49. The maximum atomic E-state index is 5.44. The first-order valence-electron chi connectivity index (χ1n) is 5.49. The molecule has 78 valence electrons. The Bertz CT molecular complexity index is 275. The number of nitrogen functional groups attached to an aromatic ring is 1. The molecule has 0 aromatic carbocycles. The minimum atomic E-state index is 0.383. The van der Waals surface area contributed by atoms with Gasteiger partial charge in [-0.2, -0.15) is 0 Å². The minimum absolute atomic E-state index is 0.383. The molecule has 4 nitrogen and oxygen atoms in total. The lowest BCUT2D eigenvalue weighted by Crippen LogP contribution is -2.10. The van der Waals surface area contributed by atoms with Crippen LogP contribution in [0.4, 0.5) is 5.95 Å². The molecule has 0 radical (unpaired) electrons.